The summed E-state index contributed by atoms with van der Waals surface area (Å²) in [5, 5.41) is 11.5. The lowest BCUT2D eigenvalue weighted by Crippen LogP contribution is -2.07. The first-order chi connectivity index (χ1) is 8.00. The van der Waals surface area contributed by atoms with Gasteiger partial charge < -0.3 is 0 Å². The average molecular weight is 299 g/mol. The zero-order chi connectivity index (χ0) is 12.6. The Hall–Kier alpha value is -1.30. The van der Waals surface area contributed by atoms with Gasteiger partial charge in [-0.15, -0.1) is 5.10 Å². The Kier molecular flexibility index (Phi) is 3.24. The fourth-order valence-corrected chi connectivity index (χ4v) is 2.05. The molecule has 1 heterocycles. The molecule has 0 unspecified atom stereocenters. The lowest BCUT2D eigenvalue weighted by molar-refractivity contribution is 0.615. The Morgan fingerprint density at radius 1 is 1.35 bits per heavy atom. The lowest BCUT2D eigenvalue weighted by Gasteiger charge is -2.10. The van der Waals surface area contributed by atoms with E-state index >= 15 is 0 Å². The standard InChI is InChI=1S/C11H12BrFN4/c1-6(2)11-14-15-16-17(11)10-5-9(13)8(12)4-7(10)3/h4-6H,1-3H3. The van der Waals surface area contributed by atoms with Gasteiger partial charge in [-0.1, -0.05) is 13.8 Å². The molecule has 0 bridgehead atoms. The number of nitrogens with zero attached hydrogens (tertiary/aromatic N) is 4. The third-order valence-corrected chi connectivity index (χ3v) is 3.08. The van der Waals surface area contributed by atoms with Crippen LogP contribution in [0.3, 0.4) is 0 Å². The summed E-state index contributed by atoms with van der Waals surface area (Å²) in [6.45, 7) is 5.88. The molecule has 0 saturated carbocycles. The molecule has 0 aliphatic carbocycles. The minimum absolute atomic E-state index is 0.177. The fourth-order valence-electron chi connectivity index (χ4n) is 1.59. The molecule has 0 N–H and O–H groups in total. The highest BCUT2D eigenvalue weighted by Crippen LogP contribution is 2.24. The van der Waals surface area contributed by atoms with Gasteiger partial charge in [0, 0.05) is 12.0 Å². The van der Waals surface area contributed by atoms with Crippen LogP contribution in [-0.2, 0) is 0 Å². The van der Waals surface area contributed by atoms with E-state index in [2.05, 4.69) is 31.5 Å². The van der Waals surface area contributed by atoms with Gasteiger partial charge in [-0.2, -0.15) is 4.68 Å². The Morgan fingerprint density at radius 3 is 2.71 bits per heavy atom. The summed E-state index contributed by atoms with van der Waals surface area (Å²) in [5.74, 6) is 0.571. The Balaban J connectivity index is 2.60. The van der Waals surface area contributed by atoms with E-state index < -0.39 is 0 Å². The van der Waals surface area contributed by atoms with Crippen LogP contribution in [-0.4, -0.2) is 20.2 Å². The lowest BCUT2D eigenvalue weighted by atomic mass is 10.1. The van der Waals surface area contributed by atoms with Crippen LogP contribution in [0.25, 0.3) is 5.69 Å². The molecular formula is C11H12BrFN4. The highest BCUT2D eigenvalue weighted by molar-refractivity contribution is 9.10. The van der Waals surface area contributed by atoms with Crippen LogP contribution >= 0.6 is 15.9 Å². The first-order valence-corrected chi connectivity index (χ1v) is 6.04. The van der Waals surface area contributed by atoms with Gasteiger partial charge in [-0.05, 0) is 44.9 Å². The molecule has 1 aromatic carbocycles. The van der Waals surface area contributed by atoms with E-state index in [1.807, 2.05) is 20.8 Å². The Labute approximate surface area is 107 Å². The summed E-state index contributed by atoms with van der Waals surface area (Å²) in [4.78, 5) is 0. The third-order valence-electron chi connectivity index (χ3n) is 2.48. The van der Waals surface area contributed by atoms with Crippen LogP contribution in [0.1, 0.15) is 31.2 Å². The maximum Gasteiger partial charge on any atom is 0.159 e. The van der Waals surface area contributed by atoms with Gasteiger partial charge in [0.25, 0.3) is 0 Å². The molecule has 0 atom stereocenters. The van der Waals surface area contributed by atoms with Crippen molar-refractivity contribution in [2.24, 2.45) is 0 Å². The summed E-state index contributed by atoms with van der Waals surface area (Å²) in [5.41, 5.74) is 1.58. The molecule has 6 heteroatoms. The molecule has 0 fully saturated rings. The largest absolute Gasteiger partial charge is 0.206 e. The first kappa shape index (κ1) is 12.2. The van der Waals surface area contributed by atoms with Crippen LogP contribution in [0.5, 0.6) is 0 Å². The summed E-state index contributed by atoms with van der Waals surface area (Å²) >= 11 is 3.16. The Bertz CT molecular complexity index is 550. The zero-order valence-corrected chi connectivity index (χ0v) is 11.4. The van der Waals surface area contributed by atoms with E-state index in [-0.39, 0.29) is 11.7 Å². The molecule has 17 heavy (non-hydrogen) atoms. The maximum absolute atomic E-state index is 13.6. The first-order valence-electron chi connectivity index (χ1n) is 5.25. The smallest absolute Gasteiger partial charge is 0.159 e. The third kappa shape index (κ3) is 2.22. The van der Waals surface area contributed by atoms with Gasteiger partial charge in [-0.25, -0.2) is 4.39 Å². The predicted molar refractivity (Wildman–Crippen MR) is 65.6 cm³/mol. The molecule has 0 aliphatic rings. The molecule has 0 radical (unpaired) electrons. The maximum atomic E-state index is 13.6. The van der Waals surface area contributed by atoms with Crippen LogP contribution < -0.4 is 0 Å². The van der Waals surface area contributed by atoms with Gasteiger partial charge in [0.2, 0.25) is 0 Å². The van der Waals surface area contributed by atoms with Gasteiger partial charge in [-0.3, -0.25) is 0 Å². The zero-order valence-electron chi connectivity index (χ0n) is 9.78. The summed E-state index contributed by atoms with van der Waals surface area (Å²) in [7, 11) is 0. The molecule has 4 nitrogen and oxygen atoms in total. The Morgan fingerprint density at radius 2 is 2.06 bits per heavy atom. The van der Waals surface area contributed by atoms with Crippen molar-refractivity contribution in [1.82, 2.24) is 20.2 Å². The highest BCUT2D eigenvalue weighted by atomic mass is 79.9. The number of hydrogen-bond acceptors (Lipinski definition) is 3. The van der Waals surface area contributed by atoms with Crippen LogP contribution in [0.2, 0.25) is 0 Å². The summed E-state index contributed by atoms with van der Waals surface area (Å²) in [6, 6.07) is 3.15. The van der Waals surface area contributed by atoms with Crippen LogP contribution in [0.4, 0.5) is 4.39 Å². The average Bonchev–Trinajstić information content (AvgIpc) is 2.72. The van der Waals surface area contributed by atoms with Crippen molar-refractivity contribution in [2.45, 2.75) is 26.7 Å². The van der Waals surface area contributed by atoms with E-state index in [0.717, 1.165) is 11.4 Å². The molecular weight excluding hydrogens is 287 g/mol. The molecule has 0 amide bonds. The van der Waals surface area contributed by atoms with E-state index in [1.54, 1.807) is 10.7 Å². The van der Waals surface area contributed by atoms with Crippen molar-refractivity contribution in [1.29, 1.82) is 0 Å². The van der Waals surface area contributed by atoms with E-state index in [0.29, 0.717) is 10.2 Å². The normalized spacial score (nSPS) is 11.2. The minimum atomic E-state index is -0.323. The van der Waals surface area contributed by atoms with Gasteiger partial charge >= 0.3 is 0 Å². The van der Waals surface area contributed by atoms with Crippen molar-refractivity contribution >= 4 is 15.9 Å². The van der Waals surface area contributed by atoms with Crippen molar-refractivity contribution in [2.75, 3.05) is 0 Å². The number of halogens is 2. The number of rotatable bonds is 2. The molecule has 1 aromatic heterocycles. The van der Waals surface area contributed by atoms with Gasteiger partial charge in [0.15, 0.2) is 5.82 Å². The van der Waals surface area contributed by atoms with Gasteiger partial charge in [0.1, 0.15) is 5.82 Å². The molecule has 0 saturated heterocycles. The molecule has 0 spiro atoms. The molecule has 0 aliphatic heterocycles. The second-order valence-electron chi connectivity index (χ2n) is 4.16. The molecule has 2 rings (SSSR count). The van der Waals surface area contributed by atoms with E-state index in [4.69, 9.17) is 0 Å². The predicted octanol–water partition coefficient (Wildman–Crippen LogP) is 3.00. The van der Waals surface area contributed by atoms with Crippen molar-refractivity contribution < 1.29 is 4.39 Å². The monoisotopic (exact) mass is 298 g/mol. The second-order valence-corrected chi connectivity index (χ2v) is 5.01. The van der Waals surface area contributed by atoms with Crippen molar-refractivity contribution in [3.63, 3.8) is 0 Å². The summed E-state index contributed by atoms with van der Waals surface area (Å²) in [6.07, 6.45) is 0. The van der Waals surface area contributed by atoms with Crippen LogP contribution in [0, 0.1) is 12.7 Å². The van der Waals surface area contributed by atoms with Crippen molar-refractivity contribution in [3.8, 4) is 5.69 Å². The topological polar surface area (TPSA) is 43.6 Å². The van der Waals surface area contributed by atoms with Crippen LogP contribution in [0.15, 0.2) is 16.6 Å². The van der Waals surface area contributed by atoms with E-state index in [9.17, 15) is 4.39 Å². The van der Waals surface area contributed by atoms with Crippen molar-refractivity contribution in [3.05, 3.63) is 33.8 Å². The minimum Gasteiger partial charge on any atom is -0.206 e. The summed E-state index contributed by atoms with van der Waals surface area (Å²) < 4.78 is 15.6. The number of tetrazole rings is 1. The number of benzene rings is 1. The second kappa shape index (κ2) is 4.52. The SMILES string of the molecule is Cc1cc(Br)c(F)cc1-n1nnnc1C(C)C. The number of hydrogen-bond donors (Lipinski definition) is 0. The number of aromatic nitrogens is 4. The highest BCUT2D eigenvalue weighted by Gasteiger charge is 2.15. The van der Waals surface area contributed by atoms with E-state index in [1.165, 1.54) is 6.07 Å². The molecule has 2 aromatic rings. The fraction of sp³-hybridized carbons (Fsp3) is 0.364. The van der Waals surface area contributed by atoms with Gasteiger partial charge in [0.05, 0.1) is 10.2 Å². The molecule has 90 valence electrons. The quantitative estimate of drug-likeness (QED) is 0.856. The number of aryl methyl sites for hydroxylation is 1.